The van der Waals surface area contributed by atoms with E-state index in [0.717, 1.165) is 18.7 Å². The molecule has 1 amide bonds. The Morgan fingerprint density at radius 1 is 1.33 bits per heavy atom. The average molecular weight is 292 g/mol. The highest BCUT2D eigenvalue weighted by Crippen LogP contribution is 2.31. The van der Waals surface area contributed by atoms with Crippen LogP contribution in [0.1, 0.15) is 38.8 Å². The van der Waals surface area contributed by atoms with Crippen molar-refractivity contribution in [3.8, 4) is 5.75 Å². The quantitative estimate of drug-likeness (QED) is 0.819. The summed E-state index contributed by atoms with van der Waals surface area (Å²) in [5, 5.41) is 6.19. The van der Waals surface area contributed by atoms with Gasteiger partial charge in [-0.1, -0.05) is 18.2 Å². The van der Waals surface area contributed by atoms with E-state index < -0.39 is 5.60 Å². The van der Waals surface area contributed by atoms with Gasteiger partial charge in [-0.25, -0.2) is 4.79 Å². The topological polar surface area (TPSA) is 59.6 Å². The van der Waals surface area contributed by atoms with Crippen molar-refractivity contribution in [3.63, 3.8) is 0 Å². The van der Waals surface area contributed by atoms with Crippen molar-refractivity contribution >= 4 is 6.09 Å². The van der Waals surface area contributed by atoms with E-state index in [2.05, 4.69) is 16.7 Å². The molecule has 5 heteroatoms. The van der Waals surface area contributed by atoms with E-state index in [1.54, 1.807) is 0 Å². The largest absolute Gasteiger partial charge is 0.491 e. The van der Waals surface area contributed by atoms with E-state index in [1.165, 1.54) is 5.56 Å². The molecule has 1 aromatic carbocycles. The highest BCUT2D eigenvalue weighted by Gasteiger charge is 2.22. The molecular weight excluding hydrogens is 268 g/mol. The first kappa shape index (κ1) is 15.6. The van der Waals surface area contributed by atoms with Gasteiger partial charge < -0.3 is 20.1 Å². The van der Waals surface area contributed by atoms with E-state index in [0.29, 0.717) is 13.2 Å². The van der Waals surface area contributed by atoms with Crippen molar-refractivity contribution in [1.82, 2.24) is 10.6 Å². The number of carbonyl (C=O) groups is 1. The van der Waals surface area contributed by atoms with Crippen LogP contribution in [0.5, 0.6) is 5.75 Å². The number of hydrogen-bond acceptors (Lipinski definition) is 4. The average Bonchev–Trinajstić information content (AvgIpc) is 2.80. The van der Waals surface area contributed by atoms with Crippen LogP contribution in [0.25, 0.3) is 0 Å². The van der Waals surface area contributed by atoms with E-state index in [-0.39, 0.29) is 12.1 Å². The molecule has 0 radical (unpaired) electrons. The summed E-state index contributed by atoms with van der Waals surface area (Å²) in [5.74, 6) is 0.960. The Bertz CT molecular complexity index is 483. The Labute approximate surface area is 126 Å². The first-order valence-corrected chi connectivity index (χ1v) is 7.38. The zero-order valence-electron chi connectivity index (χ0n) is 12.9. The first-order valence-electron chi connectivity index (χ1n) is 7.38. The molecule has 0 aromatic heterocycles. The fourth-order valence-electron chi connectivity index (χ4n) is 2.20. The molecule has 1 heterocycles. The molecule has 1 aliphatic rings. The Balaban J connectivity index is 1.62. The highest BCUT2D eigenvalue weighted by atomic mass is 16.6. The fourth-order valence-corrected chi connectivity index (χ4v) is 2.20. The molecular formula is C16H24N2O3. The number of hydrogen-bond donors (Lipinski definition) is 2. The molecule has 21 heavy (non-hydrogen) atoms. The molecule has 1 aliphatic heterocycles. The molecule has 1 unspecified atom stereocenters. The van der Waals surface area contributed by atoms with Gasteiger partial charge in [-0.05, 0) is 39.8 Å². The summed E-state index contributed by atoms with van der Waals surface area (Å²) in [7, 11) is 0. The lowest BCUT2D eigenvalue weighted by atomic mass is 10.1. The summed E-state index contributed by atoms with van der Waals surface area (Å²) < 4.78 is 10.8. The van der Waals surface area contributed by atoms with E-state index in [9.17, 15) is 4.79 Å². The number of benzene rings is 1. The van der Waals surface area contributed by atoms with Crippen molar-refractivity contribution in [2.75, 3.05) is 19.7 Å². The zero-order chi connectivity index (χ0) is 15.3. The smallest absolute Gasteiger partial charge is 0.407 e. The summed E-state index contributed by atoms with van der Waals surface area (Å²) >= 11 is 0. The second-order valence-corrected chi connectivity index (χ2v) is 6.14. The molecule has 1 atom stereocenters. The van der Waals surface area contributed by atoms with Crippen molar-refractivity contribution in [1.29, 1.82) is 0 Å². The van der Waals surface area contributed by atoms with Gasteiger partial charge in [-0.15, -0.1) is 0 Å². The third kappa shape index (κ3) is 4.93. The van der Waals surface area contributed by atoms with Gasteiger partial charge in [0.25, 0.3) is 0 Å². The molecule has 2 N–H and O–H groups in total. The van der Waals surface area contributed by atoms with Gasteiger partial charge in [0.05, 0.1) is 6.04 Å². The minimum atomic E-state index is -0.451. The van der Waals surface area contributed by atoms with Crippen molar-refractivity contribution < 1.29 is 14.3 Å². The minimum absolute atomic E-state index is 0.239. The number of amides is 1. The Kier molecular flexibility index (Phi) is 5.07. The molecule has 116 valence electrons. The minimum Gasteiger partial charge on any atom is -0.491 e. The van der Waals surface area contributed by atoms with Gasteiger partial charge in [0.15, 0.2) is 0 Å². The summed E-state index contributed by atoms with van der Waals surface area (Å²) in [6.45, 7) is 7.64. The zero-order valence-corrected chi connectivity index (χ0v) is 12.9. The molecule has 0 fully saturated rings. The van der Waals surface area contributed by atoms with Crippen LogP contribution in [0.2, 0.25) is 0 Å². The fraction of sp³-hybridized carbons (Fsp3) is 0.562. The molecule has 0 bridgehead atoms. The lowest BCUT2D eigenvalue weighted by Gasteiger charge is -2.19. The van der Waals surface area contributed by atoms with Crippen LogP contribution in [-0.4, -0.2) is 31.4 Å². The molecule has 1 aromatic rings. The van der Waals surface area contributed by atoms with Gasteiger partial charge >= 0.3 is 6.09 Å². The monoisotopic (exact) mass is 292 g/mol. The summed E-state index contributed by atoms with van der Waals surface area (Å²) in [6, 6.07) is 8.31. The number of alkyl carbamates (subject to hydrolysis) is 1. The van der Waals surface area contributed by atoms with Crippen LogP contribution in [0.4, 0.5) is 4.79 Å². The van der Waals surface area contributed by atoms with Gasteiger partial charge in [-0.2, -0.15) is 0 Å². The van der Waals surface area contributed by atoms with Crippen LogP contribution in [-0.2, 0) is 4.74 Å². The molecule has 0 saturated carbocycles. The molecule has 0 aliphatic carbocycles. The molecule has 0 saturated heterocycles. The summed E-state index contributed by atoms with van der Waals surface area (Å²) in [4.78, 5) is 11.5. The standard InChI is InChI=1S/C16H24N2O3/c1-16(2,3)21-15(19)18-10-6-9-17-13-11-20-14-8-5-4-7-12(13)14/h4-5,7-8,13,17H,6,9-11H2,1-3H3,(H,18,19). The Morgan fingerprint density at radius 3 is 2.86 bits per heavy atom. The number of carbonyl (C=O) groups excluding carboxylic acids is 1. The van der Waals surface area contributed by atoms with Crippen LogP contribution >= 0.6 is 0 Å². The number of para-hydroxylation sites is 1. The number of fused-ring (bicyclic) bond motifs is 1. The maximum Gasteiger partial charge on any atom is 0.407 e. The maximum absolute atomic E-state index is 11.5. The second kappa shape index (κ2) is 6.80. The van der Waals surface area contributed by atoms with Crippen molar-refractivity contribution in [2.45, 2.75) is 38.8 Å². The molecule has 0 spiro atoms. The summed E-state index contributed by atoms with van der Waals surface area (Å²) in [6.07, 6.45) is 0.481. The van der Waals surface area contributed by atoms with Crippen LogP contribution in [0.15, 0.2) is 24.3 Å². The Morgan fingerprint density at radius 2 is 2.10 bits per heavy atom. The normalized spacial score (nSPS) is 17.0. The summed E-state index contributed by atoms with van der Waals surface area (Å²) in [5.41, 5.74) is 0.755. The third-order valence-corrected chi connectivity index (χ3v) is 3.11. The number of nitrogens with one attached hydrogen (secondary N) is 2. The third-order valence-electron chi connectivity index (χ3n) is 3.11. The van der Waals surface area contributed by atoms with Gasteiger partial charge in [0.1, 0.15) is 18.0 Å². The highest BCUT2D eigenvalue weighted by molar-refractivity contribution is 5.67. The molecule has 2 rings (SSSR count). The van der Waals surface area contributed by atoms with E-state index in [1.807, 2.05) is 39.0 Å². The van der Waals surface area contributed by atoms with Gasteiger partial charge in [0, 0.05) is 12.1 Å². The SMILES string of the molecule is CC(C)(C)OC(=O)NCCCNC1COc2ccccc21. The molecule has 5 nitrogen and oxygen atoms in total. The predicted octanol–water partition coefficient (Wildman–Crippen LogP) is 2.62. The van der Waals surface area contributed by atoms with E-state index in [4.69, 9.17) is 9.47 Å². The lowest BCUT2D eigenvalue weighted by molar-refractivity contribution is 0.0527. The van der Waals surface area contributed by atoms with Crippen LogP contribution < -0.4 is 15.4 Å². The van der Waals surface area contributed by atoms with Gasteiger partial charge in [0.2, 0.25) is 0 Å². The first-order chi connectivity index (χ1) is 9.96. The van der Waals surface area contributed by atoms with Crippen molar-refractivity contribution in [2.24, 2.45) is 0 Å². The maximum atomic E-state index is 11.5. The van der Waals surface area contributed by atoms with Crippen molar-refractivity contribution in [3.05, 3.63) is 29.8 Å². The van der Waals surface area contributed by atoms with E-state index >= 15 is 0 Å². The second-order valence-electron chi connectivity index (χ2n) is 6.14. The lowest BCUT2D eigenvalue weighted by Crippen LogP contribution is -2.34. The Hall–Kier alpha value is -1.75. The van der Waals surface area contributed by atoms with Crippen LogP contribution in [0, 0.1) is 0 Å². The van der Waals surface area contributed by atoms with Crippen LogP contribution in [0.3, 0.4) is 0 Å². The van der Waals surface area contributed by atoms with Gasteiger partial charge in [-0.3, -0.25) is 0 Å². The number of ether oxygens (including phenoxy) is 2. The predicted molar refractivity (Wildman–Crippen MR) is 81.5 cm³/mol. The number of rotatable bonds is 5.